The standard InChI is InChI=1S/C23H26N4O2.C22H22N4O2.C21H30FN3O2.C19H23FN4O.C17H21BrFN3O/c1-22(2,3)15-27-19-12-16(14-24)10-11-18(19)25-21(27)26-20(28)13-23(4,29)17-8-6-5-7-9-17;1-22(28,17-5-3-2-4-6-17)12-20(27)25-21-24-18-10-9-16(13-23)11-19(18)26(21)14-15-7-8-15;1-6-20(2,3)12-17(26)23-19-24-18-15(22)10-13(21(4,5)27)11-16(18)25(19)14-8-7-9-14;1-18(2,3)10-15(25)23-17-22-14-9-13(20)8-12(11-21)16(14)24(17)19(4)6-5-7-19;1-17(2,3)9-14(23)20-16-21-15-12(19)7-10(18)8-13(15)22(16)11-5-4-6-11/h5-12,29H,13,15H2,1-4H3,(H,25,26,28);2-6,9-11,15,28H,7-8,12,14H2,1H3,(H,24,25,27);10-11,14,27H,6-9,12H2,1-5H3,(H,23,24,26);8-9H,5-7,10H2,1-4H3,(H,22,23,25);7-8,11H,4-6,9H2,1-3H3,(H,20,21,23)/i;;2D3,3D3,6D2;;. The van der Waals surface area contributed by atoms with Crippen LogP contribution < -0.4 is 26.6 Å². The Labute approximate surface area is 788 Å². The second-order valence-corrected chi connectivity index (χ2v) is 40.8. The van der Waals surface area contributed by atoms with Crippen LogP contribution in [-0.2, 0) is 59.4 Å². The zero-order chi connectivity index (χ0) is 103. The van der Waals surface area contributed by atoms with E-state index in [1.165, 1.54) is 32.0 Å². The minimum atomic E-state index is -3.34. The van der Waals surface area contributed by atoms with E-state index in [0.29, 0.717) is 122 Å². The van der Waals surface area contributed by atoms with Gasteiger partial charge in [0, 0.05) is 71.5 Å². The van der Waals surface area contributed by atoms with Crippen LogP contribution in [0.15, 0.2) is 138 Å². The summed E-state index contributed by atoms with van der Waals surface area (Å²) in [5.41, 5.74) is 0.944. The van der Waals surface area contributed by atoms with Gasteiger partial charge in [-0.2, -0.15) is 15.8 Å². The van der Waals surface area contributed by atoms with Crippen molar-refractivity contribution in [3.8, 4) is 18.2 Å². The number of imidazole rings is 5. The number of aromatic nitrogens is 10. The second-order valence-electron chi connectivity index (χ2n) is 39.9. The first-order chi connectivity index (χ1) is 65.1. The summed E-state index contributed by atoms with van der Waals surface area (Å²) in [6, 6.07) is 43.9. The molecule has 30 heteroatoms. The fraction of sp³-hybridized carbons (Fsp3) is 0.461. The van der Waals surface area contributed by atoms with Crippen molar-refractivity contribution in [1.82, 2.24) is 47.8 Å². The molecule has 12 aromatic rings. The summed E-state index contributed by atoms with van der Waals surface area (Å²) < 4.78 is 116. The zero-order valence-corrected chi connectivity index (χ0v) is 79.0. The maximum Gasteiger partial charge on any atom is 0.229 e. The van der Waals surface area contributed by atoms with E-state index in [1.54, 1.807) is 85.1 Å². The minimum Gasteiger partial charge on any atom is -0.386 e. The number of nitrogens with one attached hydrogen (secondary N) is 5. The highest BCUT2D eigenvalue weighted by Gasteiger charge is 2.40. The van der Waals surface area contributed by atoms with Gasteiger partial charge in [0.1, 0.15) is 22.9 Å². The molecule has 4 saturated carbocycles. The summed E-state index contributed by atoms with van der Waals surface area (Å²) in [5, 5.41) is 73.7. The molecule has 2 atom stereocenters. The van der Waals surface area contributed by atoms with Gasteiger partial charge in [-0.15, -0.1) is 0 Å². The van der Waals surface area contributed by atoms with Gasteiger partial charge in [0.2, 0.25) is 59.3 Å². The molecule has 16 rings (SSSR count). The number of hydrogen-bond acceptors (Lipinski definition) is 16. The molecule has 5 amide bonds. The fourth-order valence-corrected chi connectivity index (χ4v) is 16.5. The van der Waals surface area contributed by atoms with E-state index in [9.17, 15) is 68.2 Å². The normalized spacial score (nSPS) is 16.6. The number of anilines is 5. The van der Waals surface area contributed by atoms with Gasteiger partial charge in [-0.3, -0.25) is 50.6 Å². The third kappa shape index (κ3) is 24.6. The predicted molar refractivity (Wildman–Crippen MR) is 512 cm³/mol. The average Bonchev–Trinajstić information content (AvgIpc) is 1.09. The van der Waals surface area contributed by atoms with Gasteiger partial charge >= 0.3 is 0 Å². The van der Waals surface area contributed by atoms with Crippen molar-refractivity contribution in [2.45, 2.75) is 274 Å². The van der Waals surface area contributed by atoms with Gasteiger partial charge < -0.3 is 38.2 Å². The summed E-state index contributed by atoms with van der Waals surface area (Å²) in [6.45, 7) is 22.2. The highest BCUT2D eigenvalue weighted by atomic mass is 79.9. The molecule has 5 heterocycles. The Bertz CT molecular complexity index is 6740. The van der Waals surface area contributed by atoms with Crippen molar-refractivity contribution >= 4 is 130 Å². The van der Waals surface area contributed by atoms with Crippen LogP contribution in [0.1, 0.15) is 283 Å². The Kier molecular flexibility index (Phi) is 26.4. The lowest BCUT2D eigenvalue weighted by Crippen LogP contribution is -2.38. The lowest BCUT2D eigenvalue weighted by atomic mass is 9.78. The smallest absolute Gasteiger partial charge is 0.229 e. The third-order valence-corrected chi connectivity index (χ3v) is 24.1. The Morgan fingerprint density at radius 1 is 0.492 bits per heavy atom. The van der Waals surface area contributed by atoms with Gasteiger partial charge in [-0.05, 0) is 216 Å². The summed E-state index contributed by atoms with van der Waals surface area (Å²) in [7, 11) is 0. The molecule has 0 aliphatic heterocycles. The van der Waals surface area contributed by atoms with Gasteiger partial charge in [0.05, 0.1) is 103 Å². The Hall–Kier alpha value is -12.1. The molecule has 0 spiro atoms. The van der Waals surface area contributed by atoms with Crippen LogP contribution in [0.25, 0.3) is 55.2 Å². The summed E-state index contributed by atoms with van der Waals surface area (Å²) in [6.07, 6.45) is 7.43. The number of halogens is 4. The Morgan fingerprint density at radius 2 is 0.932 bits per heavy atom. The predicted octanol–water partition coefficient (Wildman–Crippen LogP) is 22.0. The van der Waals surface area contributed by atoms with Gasteiger partial charge in [0.25, 0.3) is 0 Å². The molecule has 0 radical (unpaired) electrons. The van der Waals surface area contributed by atoms with Crippen LogP contribution in [0.5, 0.6) is 0 Å². The van der Waals surface area contributed by atoms with Crippen LogP contribution in [0.3, 0.4) is 0 Å². The van der Waals surface area contributed by atoms with Crippen LogP contribution in [-0.4, -0.2) is 92.6 Å². The Morgan fingerprint density at radius 3 is 1.35 bits per heavy atom. The van der Waals surface area contributed by atoms with Crippen molar-refractivity contribution in [1.29, 1.82) is 15.8 Å². The van der Waals surface area contributed by atoms with Gasteiger partial charge in [0.15, 0.2) is 11.6 Å². The molecule has 696 valence electrons. The molecule has 8 N–H and O–H groups in total. The van der Waals surface area contributed by atoms with Crippen LogP contribution in [0, 0.1) is 79.0 Å². The molecular weight excluding hydrogens is 1740 g/mol. The second kappa shape index (κ2) is 39.7. The number of hydrogen-bond donors (Lipinski definition) is 8. The highest BCUT2D eigenvalue weighted by molar-refractivity contribution is 9.10. The molecule has 5 aromatic heterocycles. The molecule has 132 heavy (non-hydrogen) atoms. The van der Waals surface area contributed by atoms with Crippen LogP contribution in [0.2, 0.25) is 0 Å². The lowest BCUT2D eigenvalue weighted by Gasteiger charge is -2.41. The van der Waals surface area contributed by atoms with E-state index in [4.69, 9.17) is 11.0 Å². The number of nitriles is 3. The molecule has 0 bridgehead atoms. The van der Waals surface area contributed by atoms with Gasteiger partial charge in [-0.1, -0.05) is 166 Å². The molecule has 4 aliphatic carbocycles. The number of amides is 5. The fourth-order valence-electron chi connectivity index (χ4n) is 16.1. The number of benzene rings is 7. The molecule has 0 saturated heterocycles. The van der Waals surface area contributed by atoms with E-state index < -0.39 is 66.3 Å². The monoisotopic (exact) mass is 1870 g/mol. The number of carbonyl (C=O) groups excluding carboxylic acids is 5. The molecular formula is C102H122BrF3N18O8. The van der Waals surface area contributed by atoms with E-state index in [1.807, 2.05) is 102 Å². The van der Waals surface area contributed by atoms with Crippen molar-refractivity contribution in [3.05, 3.63) is 189 Å². The van der Waals surface area contributed by atoms with Crippen molar-refractivity contribution in [2.24, 2.45) is 27.6 Å². The number of carbonyl (C=O) groups is 5. The molecule has 4 fully saturated rings. The van der Waals surface area contributed by atoms with E-state index in [-0.39, 0.29) is 93.2 Å². The third-order valence-electron chi connectivity index (χ3n) is 23.7. The average molecular weight is 1870 g/mol. The Balaban J connectivity index is 0.000000158. The summed E-state index contributed by atoms with van der Waals surface area (Å²) >= 11 is 3.34. The molecule has 2 unspecified atom stereocenters. The number of aliphatic hydroxyl groups is 3. The molecule has 4 aliphatic rings. The number of rotatable bonds is 23. The van der Waals surface area contributed by atoms with Crippen LogP contribution in [0.4, 0.5) is 42.9 Å². The quantitative estimate of drug-likeness (QED) is 0.0295. The lowest BCUT2D eigenvalue weighted by molar-refractivity contribution is -0.121. The largest absolute Gasteiger partial charge is 0.386 e. The van der Waals surface area contributed by atoms with E-state index in [2.05, 4.69) is 113 Å². The van der Waals surface area contributed by atoms with Crippen molar-refractivity contribution < 1.29 is 63.4 Å². The first-order valence-electron chi connectivity index (χ1n) is 48.4. The first kappa shape index (κ1) is 87.8. The summed E-state index contributed by atoms with van der Waals surface area (Å²) in [5.74, 6) is -1.31. The molecule has 26 nitrogen and oxygen atoms in total. The minimum absolute atomic E-state index is 0.0642. The zero-order valence-electron chi connectivity index (χ0n) is 85.4. The van der Waals surface area contributed by atoms with Crippen molar-refractivity contribution in [2.75, 3.05) is 26.6 Å². The molecule has 7 aromatic carbocycles. The van der Waals surface area contributed by atoms with E-state index in [0.717, 1.165) is 99.4 Å². The number of fused-ring (bicyclic) bond motifs is 5. The maximum atomic E-state index is 14.9. The SMILES string of the molecule is CC(C)(C)CC(=O)Nc1nc2c(F)cc(Br)cc2n1C1CCC1.CC(C)(C)CC(=O)Nc1nc2cc(F)cc(C#N)c2n1C1(C)CCC1.CC(C)(C)Cn1c(NC(=O)CC(C)(O)c2ccccc2)nc2ccc(C#N)cc21.CC(O)(CC(=O)Nc1nc2ccc(C#N)cc2n1CC1CC1)c1ccccc1.[2H]C([2H])([2H])C(CC(=O)Nc1nc2c(F)cc(C(C)(C)O)cc2n1C1CCC1)(C([2H])([2H])[2H])C([2H])([2H])C. The van der Waals surface area contributed by atoms with Gasteiger partial charge in [-0.25, -0.2) is 38.1 Å². The summed E-state index contributed by atoms with van der Waals surface area (Å²) in [4.78, 5) is 85.3. The maximum absolute atomic E-state index is 14.9. The number of nitrogens with zero attached hydrogens (tertiary/aromatic N) is 13. The topological polar surface area (TPSA) is 367 Å². The van der Waals surface area contributed by atoms with E-state index >= 15 is 0 Å². The van der Waals surface area contributed by atoms with Crippen molar-refractivity contribution in [3.63, 3.8) is 0 Å². The first-order valence-corrected chi connectivity index (χ1v) is 45.2. The highest BCUT2D eigenvalue weighted by Crippen LogP contribution is 2.46. The van der Waals surface area contributed by atoms with Crippen LogP contribution >= 0.6 is 15.9 Å².